The van der Waals surface area contributed by atoms with Crippen LogP contribution in [0.25, 0.3) is 21.7 Å². The highest BCUT2D eigenvalue weighted by Crippen LogP contribution is 2.44. The molecule has 2 bridgehead atoms. The maximum absolute atomic E-state index is 6.99. The molecule has 7 rings (SSSR count). The van der Waals surface area contributed by atoms with Crippen molar-refractivity contribution in [2.75, 3.05) is 13.1 Å². The number of rotatable bonds is 5. The van der Waals surface area contributed by atoms with Crippen molar-refractivity contribution in [2.24, 2.45) is 11.8 Å². The van der Waals surface area contributed by atoms with E-state index in [0.29, 0.717) is 17.9 Å². The number of fused-ring (bicyclic) bond motifs is 5. The third-order valence-corrected chi connectivity index (χ3v) is 7.50. The summed E-state index contributed by atoms with van der Waals surface area (Å²) in [5, 5.41) is 3.56. The third kappa shape index (κ3) is 3.28. The molecule has 32 heavy (non-hydrogen) atoms. The van der Waals surface area contributed by atoms with Gasteiger partial charge >= 0.3 is 0 Å². The van der Waals surface area contributed by atoms with Gasteiger partial charge < -0.3 is 4.74 Å². The molecular weight excluding hydrogens is 392 g/mol. The van der Waals surface area contributed by atoms with Gasteiger partial charge in [0.2, 0.25) is 0 Å². The Morgan fingerprint density at radius 3 is 2.62 bits per heavy atom. The van der Waals surface area contributed by atoms with Crippen LogP contribution in [0.2, 0.25) is 0 Å². The zero-order valence-electron chi connectivity index (χ0n) is 18.2. The smallest absolute Gasteiger partial charge is 0.140 e. The van der Waals surface area contributed by atoms with E-state index in [9.17, 15) is 0 Å². The van der Waals surface area contributed by atoms with E-state index in [1.165, 1.54) is 28.1 Å². The van der Waals surface area contributed by atoms with E-state index in [2.05, 4.69) is 95.3 Å². The first-order chi connectivity index (χ1) is 15.8. The Morgan fingerprint density at radius 2 is 1.78 bits per heavy atom. The van der Waals surface area contributed by atoms with E-state index in [1.807, 2.05) is 6.20 Å². The molecule has 0 aliphatic carbocycles. The minimum absolute atomic E-state index is 0.0535. The zero-order valence-corrected chi connectivity index (χ0v) is 18.2. The number of piperidine rings is 3. The van der Waals surface area contributed by atoms with Gasteiger partial charge in [-0.25, -0.2) is 0 Å². The molecule has 1 unspecified atom stereocenters. The van der Waals surface area contributed by atoms with E-state index >= 15 is 0 Å². The Labute approximate surface area is 189 Å². The first kappa shape index (κ1) is 19.5. The van der Waals surface area contributed by atoms with E-state index < -0.39 is 0 Å². The third-order valence-electron chi connectivity index (χ3n) is 7.50. The molecule has 0 saturated carbocycles. The molecule has 0 spiro atoms. The van der Waals surface area contributed by atoms with Crippen LogP contribution in [0.3, 0.4) is 0 Å². The van der Waals surface area contributed by atoms with Gasteiger partial charge in [-0.15, -0.1) is 6.58 Å². The van der Waals surface area contributed by atoms with Crippen LogP contribution in [0.5, 0.6) is 5.75 Å². The van der Waals surface area contributed by atoms with Gasteiger partial charge in [0.1, 0.15) is 11.9 Å². The average molecular weight is 421 g/mol. The Balaban J connectivity index is 1.47. The molecule has 3 fully saturated rings. The number of para-hydroxylation sites is 1. The van der Waals surface area contributed by atoms with Gasteiger partial charge in [0.15, 0.2) is 0 Å². The van der Waals surface area contributed by atoms with Crippen molar-refractivity contribution in [3.63, 3.8) is 0 Å². The summed E-state index contributed by atoms with van der Waals surface area (Å²) >= 11 is 0. The summed E-state index contributed by atoms with van der Waals surface area (Å²) < 4.78 is 6.99. The number of ether oxygens (including phenoxy) is 1. The molecule has 3 aliphatic rings. The number of benzene rings is 3. The highest BCUT2D eigenvalue weighted by atomic mass is 16.5. The Kier molecular flexibility index (Phi) is 4.92. The van der Waals surface area contributed by atoms with Crippen LogP contribution in [0, 0.1) is 11.8 Å². The van der Waals surface area contributed by atoms with Crippen molar-refractivity contribution in [3.8, 4) is 5.75 Å². The molecule has 3 aromatic carbocycles. The number of hydrogen-bond acceptors (Lipinski definition) is 3. The van der Waals surface area contributed by atoms with Gasteiger partial charge in [-0.3, -0.25) is 9.88 Å². The average Bonchev–Trinajstić information content (AvgIpc) is 2.87. The Hall–Kier alpha value is -3.17. The lowest BCUT2D eigenvalue weighted by Crippen LogP contribution is -2.55. The zero-order chi connectivity index (χ0) is 21.5. The fraction of sp³-hybridized carbons (Fsp3) is 0.276. The standard InChI is InChI=1S/C29H28N2O/c1-2-20-19-31-17-15-22(20)18-27(31)29(25-14-16-30-26-12-6-5-11-24(25)26)32-28-13-7-9-21-8-3-4-10-23(21)28/h2-14,16,20,22,27,29H,1,15,17-19H2/t20-,22-,27-,29+/m0/s1. The SMILES string of the molecule is C=C[C@H]1CN2CC[C@H]1C[C@H]2[C@H](Oc1cccc2ccccc12)c1ccnc2ccccc12. The fourth-order valence-corrected chi connectivity index (χ4v) is 5.84. The quantitative estimate of drug-likeness (QED) is 0.349. The summed E-state index contributed by atoms with van der Waals surface area (Å²) in [7, 11) is 0. The molecule has 3 heteroatoms. The van der Waals surface area contributed by atoms with Crippen molar-refractivity contribution in [2.45, 2.75) is 25.0 Å². The maximum Gasteiger partial charge on any atom is 0.140 e. The van der Waals surface area contributed by atoms with E-state index in [-0.39, 0.29) is 6.10 Å². The Morgan fingerprint density at radius 1 is 0.969 bits per heavy atom. The molecule has 0 amide bonds. The number of hydrogen-bond donors (Lipinski definition) is 0. The molecular formula is C29H28N2O. The first-order valence-electron chi connectivity index (χ1n) is 11.7. The van der Waals surface area contributed by atoms with Gasteiger partial charge in [-0.05, 0) is 54.8 Å². The van der Waals surface area contributed by atoms with Crippen LogP contribution < -0.4 is 4.74 Å². The summed E-state index contributed by atoms with van der Waals surface area (Å²) in [6.45, 7) is 6.33. The number of pyridine rings is 1. The van der Waals surface area contributed by atoms with Crippen LogP contribution in [0.15, 0.2) is 91.6 Å². The van der Waals surface area contributed by atoms with Crippen molar-refractivity contribution < 1.29 is 4.74 Å². The predicted molar refractivity (Wildman–Crippen MR) is 131 cm³/mol. The lowest BCUT2D eigenvalue weighted by molar-refractivity contribution is -0.0353. The summed E-state index contributed by atoms with van der Waals surface area (Å²) in [5.74, 6) is 2.23. The van der Waals surface area contributed by atoms with Crippen molar-refractivity contribution in [1.29, 1.82) is 0 Å². The van der Waals surface area contributed by atoms with Crippen LogP contribution in [0.4, 0.5) is 0 Å². The topological polar surface area (TPSA) is 25.4 Å². The molecule has 3 saturated heterocycles. The van der Waals surface area contributed by atoms with Gasteiger partial charge in [0.25, 0.3) is 0 Å². The molecule has 0 radical (unpaired) electrons. The lowest BCUT2D eigenvalue weighted by Gasteiger charge is -2.51. The first-order valence-corrected chi connectivity index (χ1v) is 11.7. The minimum atomic E-state index is -0.0535. The maximum atomic E-state index is 6.99. The Bertz CT molecular complexity index is 1270. The van der Waals surface area contributed by atoms with E-state index in [4.69, 9.17) is 4.74 Å². The minimum Gasteiger partial charge on any atom is -0.483 e. The second-order valence-electron chi connectivity index (χ2n) is 9.18. The van der Waals surface area contributed by atoms with Crippen molar-refractivity contribution in [3.05, 3.63) is 97.2 Å². The normalized spacial score (nSPS) is 25.6. The predicted octanol–water partition coefficient (Wildman–Crippen LogP) is 6.40. The summed E-state index contributed by atoms with van der Waals surface area (Å²) in [5.41, 5.74) is 2.26. The highest BCUT2D eigenvalue weighted by Gasteiger charge is 2.43. The summed E-state index contributed by atoms with van der Waals surface area (Å²) in [4.78, 5) is 7.25. The molecule has 1 aromatic heterocycles. The molecule has 3 nitrogen and oxygen atoms in total. The largest absolute Gasteiger partial charge is 0.483 e. The van der Waals surface area contributed by atoms with Crippen molar-refractivity contribution in [1.82, 2.24) is 9.88 Å². The van der Waals surface area contributed by atoms with Crippen LogP contribution in [0.1, 0.15) is 24.5 Å². The molecule has 0 N–H and O–H groups in total. The lowest BCUT2D eigenvalue weighted by atomic mass is 9.73. The summed E-state index contributed by atoms with van der Waals surface area (Å²) in [6.07, 6.45) is 6.44. The molecule has 3 aliphatic heterocycles. The molecule has 160 valence electrons. The van der Waals surface area contributed by atoms with Crippen LogP contribution >= 0.6 is 0 Å². The number of nitrogens with zero attached hydrogens (tertiary/aromatic N) is 2. The van der Waals surface area contributed by atoms with Crippen LogP contribution in [-0.4, -0.2) is 29.0 Å². The monoisotopic (exact) mass is 420 g/mol. The molecule has 5 atom stereocenters. The number of aromatic nitrogens is 1. The van der Waals surface area contributed by atoms with Gasteiger partial charge in [0, 0.05) is 29.1 Å². The second-order valence-corrected chi connectivity index (χ2v) is 9.18. The van der Waals surface area contributed by atoms with Gasteiger partial charge in [-0.1, -0.05) is 60.7 Å². The van der Waals surface area contributed by atoms with Crippen LogP contribution in [-0.2, 0) is 0 Å². The second kappa shape index (κ2) is 8.07. The fourth-order valence-electron chi connectivity index (χ4n) is 5.84. The molecule has 4 aromatic rings. The highest BCUT2D eigenvalue weighted by molar-refractivity contribution is 5.88. The molecule has 4 heterocycles. The van der Waals surface area contributed by atoms with E-state index in [0.717, 1.165) is 30.8 Å². The van der Waals surface area contributed by atoms with Gasteiger partial charge in [0.05, 0.1) is 11.6 Å². The van der Waals surface area contributed by atoms with E-state index in [1.54, 1.807) is 0 Å². The van der Waals surface area contributed by atoms with Crippen molar-refractivity contribution >= 4 is 21.7 Å². The van der Waals surface area contributed by atoms with Gasteiger partial charge in [-0.2, -0.15) is 0 Å². The summed E-state index contributed by atoms with van der Waals surface area (Å²) in [6, 6.07) is 25.8.